The van der Waals surface area contributed by atoms with Crippen molar-refractivity contribution in [2.45, 2.75) is 116 Å². The van der Waals surface area contributed by atoms with Crippen LogP contribution in [-0.4, -0.2) is 103 Å². The van der Waals surface area contributed by atoms with Gasteiger partial charge in [0, 0.05) is 50.7 Å². The molecule has 0 amide bonds. The van der Waals surface area contributed by atoms with E-state index in [0.717, 1.165) is 56.1 Å². The number of carboxylic acids is 1. The molecule has 6 rings (SSSR count). The van der Waals surface area contributed by atoms with E-state index in [0.29, 0.717) is 42.9 Å². The van der Waals surface area contributed by atoms with Crippen LogP contribution in [0.3, 0.4) is 0 Å². The highest BCUT2D eigenvalue weighted by molar-refractivity contribution is 5.76. The number of carbonyl (C=O) groups excluding carboxylic acids is 2. The number of esters is 2. The van der Waals surface area contributed by atoms with Gasteiger partial charge in [0.1, 0.15) is 12.1 Å². The molecule has 0 radical (unpaired) electrons. The predicted molar refractivity (Wildman–Crippen MR) is 160 cm³/mol. The number of morpholine rings is 1. The maximum absolute atomic E-state index is 12.8. The minimum Gasteiger partial charge on any atom is -0.481 e. The first-order valence-corrected chi connectivity index (χ1v) is 17.2. The molecule has 9 heteroatoms. The highest BCUT2D eigenvalue weighted by atomic mass is 16.5. The molecular formula is C34H55N2O7+. The lowest BCUT2D eigenvalue weighted by Gasteiger charge is -2.62. The van der Waals surface area contributed by atoms with Gasteiger partial charge in [-0.3, -0.25) is 19.3 Å². The summed E-state index contributed by atoms with van der Waals surface area (Å²) in [5.74, 6) is 0.786. The van der Waals surface area contributed by atoms with Crippen molar-refractivity contribution in [3.8, 4) is 0 Å². The van der Waals surface area contributed by atoms with E-state index in [1.807, 2.05) is 0 Å². The van der Waals surface area contributed by atoms with Crippen molar-refractivity contribution in [3.63, 3.8) is 0 Å². The van der Waals surface area contributed by atoms with Gasteiger partial charge in [-0.2, -0.15) is 0 Å². The minimum atomic E-state index is -0.966. The average molecular weight is 604 g/mol. The normalized spacial score (nSPS) is 44.1. The van der Waals surface area contributed by atoms with Gasteiger partial charge in [-0.15, -0.1) is 0 Å². The van der Waals surface area contributed by atoms with E-state index >= 15 is 0 Å². The fourth-order valence-electron chi connectivity index (χ4n) is 11.4. The summed E-state index contributed by atoms with van der Waals surface area (Å²) in [6, 6.07) is 0.512. The number of rotatable bonds is 7. The van der Waals surface area contributed by atoms with Gasteiger partial charge in [0.2, 0.25) is 0 Å². The second-order valence-corrected chi connectivity index (χ2v) is 15.7. The second kappa shape index (κ2) is 11.9. The predicted octanol–water partition coefficient (Wildman–Crippen LogP) is 4.27. The molecule has 242 valence electrons. The molecule has 4 aliphatic carbocycles. The van der Waals surface area contributed by atoms with Crippen LogP contribution < -0.4 is 0 Å². The number of hydrogen-bond acceptors (Lipinski definition) is 7. The Kier molecular flexibility index (Phi) is 8.66. The molecular weight excluding hydrogens is 548 g/mol. The van der Waals surface area contributed by atoms with Gasteiger partial charge in [0.05, 0.1) is 46.2 Å². The molecule has 6 aliphatic rings. The maximum Gasteiger partial charge on any atom is 0.306 e. The molecule has 9 nitrogen and oxygen atoms in total. The molecule has 1 N–H and O–H groups in total. The summed E-state index contributed by atoms with van der Waals surface area (Å²) in [4.78, 5) is 38.8. The lowest BCUT2D eigenvalue weighted by Crippen LogP contribution is -2.61. The number of fused-ring (bicyclic) bond motifs is 5. The number of aliphatic carboxylic acids is 1. The number of carbonyl (C=O) groups is 3. The molecule has 2 saturated heterocycles. The van der Waals surface area contributed by atoms with Gasteiger partial charge < -0.3 is 23.8 Å². The van der Waals surface area contributed by atoms with E-state index < -0.39 is 5.97 Å². The van der Waals surface area contributed by atoms with Crippen LogP contribution in [0.5, 0.6) is 0 Å². The zero-order valence-corrected chi connectivity index (χ0v) is 26.9. The number of ether oxygens (including phenoxy) is 3. The molecule has 6 fully saturated rings. The summed E-state index contributed by atoms with van der Waals surface area (Å²) in [6.07, 6.45) is 9.66. The Morgan fingerprint density at radius 1 is 0.953 bits per heavy atom. The number of hydrogen-bond donors (Lipinski definition) is 1. The van der Waals surface area contributed by atoms with E-state index in [-0.39, 0.29) is 53.9 Å². The van der Waals surface area contributed by atoms with Crippen molar-refractivity contribution in [2.24, 2.45) is 34.5 Å². The Morgan fingerprint density at radius 2 is 1.67 bits per heavy atom. The van der Waals surface area contributed by atoms with E-state index in [2.05, 4.69) is 25.8 Å². The van der Waals surface area contributed by atoms with E-state index in [1.165, 1.54) is 32.4 Å². The smallest absolute Gasteiger partial charge is 0.306 e. The van der Waals surface area contributed by atoms with Gasteiger partial charge >= 0.3 is 17.9 Å². The van der Waals surface area contributed by atoms with Gasteiger partial charge in [-0.1, -0.05) is 13.8 Å². The van der Waals surface area contributed by atoms with Crippen LogP contribution in [0, 0.1) is 34.5 Å². The Bertz CT molecular complexity index is 1070. The first kappa shape index (κ1) is 31.3. The number of likely N-dealkylation sites (tertiary alicyclic amines) is 1. The van der Waals surface area contributed by atoms with Crippen molar-refractivity contribution in [1.29, 1.82) is 0 Å². The molecule has 2 aliphatic heterocycles. The standard InChI is InChI=1S/C34H54N2O7/c1-22(37)42-32-28(36(4)15-5-6-16-36)20-26-24-8-7-23-19-29(43-31(40)10-9-30(38)39)27(35-13-17-41-18-14-35)21-34(23,3)25(24)11-12-33(26,32)2/h23-29,32H,5-21H2,1-4H3/p+1/t23?,24-,25-,26+,27?,28?,29?,32?,33+,34+/m1/s1. The zero-order valence-electron chi connectivity index (χ0n) is 26.9. The summed E-state index contributed by atoms with van der Waals surface area (Å²) < 4.78 is 19.2. The van der Waals surface area contributed by atoms with Crippen molar-refractivity contribution in [3.05, 3.63) is 0 Å². The molecule has 43 heavy (non-hydrogen) atoms. The maximum atomic E-state index is 12.8. The largest absolute Gasteiger partial charge is 0.481 e. The lowest BCUT2D eigenvalue weighted by atomic mass is 9.44. The molecule has 0 aromatic rings. The first-order valence-electron chi connectivity index (χ1n) is 17.2. The van der Waals surface area contributed by atoms with Crippen molar-refractivity contribution in [1.82, 2.24) is 4.90 Å². The van der Waals surface area contributed by atoms with Crippen LogP contribution in [0.1, 0.15) is 91.4 Å². The van der Waals surface area contributed by atoms with E-state index in [1.54, 1.807) is 6.92 Å². The van der Waals surface area contributed by atoms with Crippen LogP contribution in [0.25, 0.3) is 0 Å². The summed E-state index contributed by atoms with van der Waals surface area (Å²) in [5.41, 5.74) is 0.170. The number of quaternary nitrogens is 1. The van der Waals surface area contributed by atoms with Crippen LogP contribution >= 0.6 is 0 Å². The number of likely N-dealkylation sites (N-methyl/N-ethyl adjacent to an activating group) is 1. The molecule has 5 unspecified atom stereocenters. The third-order valence-electron chi connectivity index (χ3n) is 13.6. The van der Waals surface area contributed by atoms with Crippen LogP contribution in [0.4, 0.5) is 0 Å². The molecule has 0 bridgehead atoms. The monoisotopic (exact) mass is 603 g/mol. The quantitative estimate of drug-likeness (QED) is 0.340. The zero-order chi connectivity index (χ0) is 30.6. The van der Waals surface area contributed by atoms with Gasteiger partial charge in [0.25, 0.3) is 0 Å². The topological polar surface area (TPSA) is 102 Å². The summed E-state index contributed by atoms with van der Waals surface area (Å²) >= 11 is 0. The third-order valence-corrected chi connectivity index (χ3v) is 13.6. The van der Waals surface area contributed by atoms with Crippen LogP contribution in [0.2, 0.25) is 0 Å². The van der Waals surface area contributed by atoms with E-state index in [4.69, 9.17) is 19.3 Å². The Labute approximate surface area is 257 Å². The molecule has 0 aromatic carbocycles. The lowest BCUT2D eigenvalue weighted by molar-refractivity contribution is -0.924. The Morgan fingerprint density at radius 3 is 2.35 bits per heavy atom. The highest BCUT2D eigenvalue weighted by Crippen LogP contribution is 2.67. The van der Waals surface area contributed by atoms with Gasteiger partial charge in [-0.05, 0) is 67.6 Å². The summed E-state index contributed by atoms with van der Waals surface area (Å²) in [7, 11) is 2.41. The molecule has 4 saturated carbocycles. The van der Waals surface area contributed by atoms with Crippen LogP contribution in [-0.2, 0) is 28.6 Å². The second-order valence-electron chi connectivity index (χ2n) is 15.7. The van der Waals surface area contributed by atoms with Crippen molar-refractivity contribution < 1.29 is 38.2 Å². The van der Waals surface area contributed by atoms with Crippen LogP contribution in [0.15, 0.2) is 0 Å². The fourth-order valence-corrected chi connectivity index (χ4v) is 11.4. The number of nitrogens with zero attached hydrogens (tertiary/aromatic N) is 2. The van der Waals surface area contributed by atoms with Gasteiger partial charge in [0.15, 0.2) is 6.10 Å². The Hall–Kier alpha value is -1.71. The number of carboxylic acid groups (broad SMARTS) is 1. The highest BCUT2D eigenvalue weighted by Gasteiger charge is 2.67. The molecule has 0 aromatic heterocycles. The fraction of sp³-hybridized carbons (Fsp3) is 0.912. The van der Waals surface area contributed by atoms with E-state index in [9.17, 15) is 14.4 Å². The minimum absolute atomic E-state index is 0.00775. The van der Waals surface area contributed by atoms with Crippen molar-refractivity contribution >= 4 is 17.9 Å². The average Bonchev–Trinajstić information content (AvgIpc) is 3.54. The molecule has 10 atom stereocenters. The Balaban J connectivity index is 1.26. The SMILES string of the molecule is CC(=O)OC1C([N+]2(C)CCCC2)C[C@H]2[C@@H]3CCC4CC(OC(=O)CCC(=O)O)C(N5CCOCC5)C[C@]4(C)[C@@H]3CC[C@]12C. The third kappa shape index (κ3) is 5.65. The summed E-state index contributed by atoms with van der Waals surface area (Å²) in [5, 5.41) is 9.10. The van der Waals surface area contributed by atoms with Gasteiger partial charge in [-0.25, -0.2) is 0 Å². The van der Waals surface area contributed by atoms with Crippen molar-refractivity contribution in [2.75, 3.05) is 46.4 Å². The molecule has 2 heterocycles. The first-order chi connectivity index (χ1) is 20.4. The molecule has 0 spiro atoms. The summed E-state index contributed by atoms with van der Waals surface area (Å²) in [6.45, 7) is 12.0.